The fourth-order valence-electron chi connectivity index (χ4n) is 6.89. The van der Waals surface area contributed by atoms with Crippen molar-refractivity contribution in [2.24, 2.45) is 4.99 Å². The minimum Gasteiger partial charge on any atom is -0.351 e. The summed E-state index contributed by atoms with van der Waals surface area (Å²) in [5, 5.41) is 3.39. The van der Waals surface area contributed by atoms with Gasteiger partial charge in [-0.25, -0.2) is 8.78 Å². The zero-order valence-electron chi connectivity index (χ0n) is 27.7. The molecule has 1 aliphatic carbocycles. The van der Waals surface area contributed by atoms with E-state index in [1.54, 1.807) is 7.05 Å². The molecule has 47 heavy (non-hydrogen) atoms. The number of hydrogen-bond donors (Lipinski definition) is 1. The van der Waals surface area contributed by atoms with Crippen LogP contribution in [-0.4, -0.2) is 110 Å². The second-order valence-electron chi connectivity index (χ2n) is 12.5. The van der Waals surface area contributed by atoms with Crippen molar-refractivity contribution in [3.05, 3.63) is 47.0 Å². The number of rotatable bonds is 6. The molecule has 3 aliphatic heterocycles. The number of anilines is 1. The van der Waals surface area contributed by atoms with E-state index in [4.69, 9.17) is 0 Å². The zero-order valence-corrected chi connectivity index (χ0v) is 28.5. The molecule has 4 aliphatic rings. The van der Waals surface area contributed by atoms with Crippen molar-refractivity contribution in [3.63, 3.8) is 0 Å². The van der Waals surface area contributed by atoms with Gasteiger partial charge >= 0.3 is 6.18 Å². The molecule has 0 spiro atoms. The summed E-state index contributed by atoms with van der Waals surface area (Å²) in [6.45, 7) is 13.2. The molecule has 2 aromatic rings. The smallest absolute Gasteiger partial charge is 0.351 e. The fourth-order valence-corrected chi connectivity index (χ4v) is 8.23. The topological polar surface area (TPSA) is 54.4 Å². The molecule has 1 saturated carbocycles. The Kier molecular flexibility index (Phi) is 11.2. The third kappa shape index (κ3) is 7.47. The van der Waals surface area contributed by atoms with Crippen LogP contribution in [0.4, 0.5) is 27.6 Å². The van der Waals surface area contributed by atoms with Gasteiger partial charge in [-0.15, -0.1) is 11.8 Å². The molecule has 0 aromatic heterocycles. The van der Waals surface area contributed by atoms with Crippen molar-refractivity contribution in [1.82, 2.24) is 20.0 Å². The molecule has 1 amide bonds. The maximum atomic E-state index is 15.3. The van der Waals surface area contributed by atoms with Crippen molar-refractivity contribution in [2.75, 3.05) is 63.5 Å². The first-order chi connectivity index (χ1) is 22.5. The summed E-state index contributed by atoms with van der Waals surface area (Å²) in [5.74, 6) is -1.32. The number of amidine groups is 1. The molecule has 0 bridgehead atoms. The third-order valence-electron chi connectivity index (χ3n) is 9.37. The standard InChI is InChI=1S/C32H39F5N6OS.C2H6/c1-19-15-42(20(2)14-39-19)31(38-3)25-13-26(32(35,36)37)28(24-7-4-21(33)12-27(24)34)30-29(25)43(18-44)23(17-45-30)16-40-8-10-41(11-9-40)22-5-6-22;1-2/h4,7,12-13,18-20,22-23,39H,5-6,8-11,14-17H2,1-3H3;1-2H3/t19-,20+,23+;/m1./s1. The van der Waals surface area contributed by atoms with Gasteiger partial charge in [-0.3, -0.25) is 19.6 Å². The number of nitrogens with one attached hydrogen (secondary N) is 1. The van der Waals surface area contributed by atoms with Crippen molar-refractivity contribution in [1.29, 1.82) is 0 Å². The first-order valence-electron chi connectivity index (χ1n) is 16.5. The van der Waals surface area contributed by atoms with Gasteiger partial charge in [0.05, 0.1) is 17.3 Å². The van der Waals surface area contributed by atoms with Crippen LogP contribution in [0.3, 0.4) is 0 Å². The number of amides is 1. The normalized spacial score (nSPS) is 24.5. The molecular weight excluding hydrogens is 635 g/mol. The largest absolute Gasteiger partial charge is 0.417 e. The van der Waals surface area contributed by atoms with Crippen LogP contribution in [0.25, 0.3) is 11.1 Å². The van der Waals surface area contributed by atoms with Crippen molar-refractivity contribution < 1.29 is 26.7 Å². The van der Waals surface area contributed by atoms with Gasteiger partial charge in [-0.1, -0.05) is 13.8 Å². The lowest BCUT2D eigenvalue weighted by Crippen LogP contribution is -2.57. The molecule has 2 aromatic carbocycles. The summed E-state index contributed by atoms with van der Waals surface area (Å²) in [6.07, 6.45) is -1.71. The van der Waals surface area contributed by atoms with Crippen LogP contribution >= 0.6 is 11.8 Å². The first-order valence-corrected chi connectivity index (χ1v) is 17.5. The number of aliphatic imine (C=N–C) groups is 1. The van der Waals surface area contributed by atoms with E-state index in [1.165, 1.54) is 29.5 Å². The highest BCUT2D eigenvalue weighted by molar-refractivity contribution is 7.99. The number of thioether (sulfide) groups is 1. The average molecular weight is 681 g/mol. The number of carbonyl (C=O) groups excluding carboxylic acids is 1. The van der Waals surface area contributed by atoms with Crippen molar-refractivity contribution in [2.45, 2.75) is 75.8 Å². The van der Waals surface area contributed by atoms with Crippen LogP contribution in [0.2, 0.25) is 0 Å². The SMILES string of the molecule is CC.CN=C(c1cc(C(F)(F)F)c(-c2ccc(F)cc2F)c2c1N(C=O)[C@@H](CN1CCN(C3CC3)CC1)CS2)N1C[C@@H](C)NC[C@@H]1C. The number of halogens is 5. The highest BCUT2D eigenvalue weighted by atomic mass is 32.2. The Bertz CT molecular complexity index is 1460. The highest BCUT2D eigenvalue weighted by Gasteiger charge is 2.43. The lowest BCUT2D eigenvalue weighted by molar-refractivity contribution is -0.137. The number of nitrogens with zero attached hydrogens (tertiary/aromatic N) is 5. The van der Waals surface area contributed by atoms with E-state index in [-0.39, 0.29) is 45.4 Å². The molecule has 0 unspecified atom stereocenters. The molecule has 0 radical (unpaired) electrons. The van der Waals surface area contributed by atoms with Crippen molar-refractivity contribution >= 4 is 29.7 Å². The Morgan fingerprint density at radius 3 is 2.38 bits per heavy atom. The molecule has 1 N–H and O–H groups in total. The maximum Gasteiger partial charge on any atom is 0.417 e. The summed E-state index contributed by atoms with van der Waals surface area (Å²) in [7, 11) is 1.54. The number of fused-ring (bicyclic) bond motifs is 1. The lowest BCUT2D eigenvalue weighted by Gasteiger charge is -2.44. The third-order valence-corrected chi connectivity index (χ3v) is 10.6. The molecule has 6 rings (SSSR count). The van der Waals surface area contributed by atoms with E-state index in [2.05, 4.69) is 20.1 Å². The molecular formula is C34H45F5N6OS. The Morgan fingerprint density at radius 1 is 1.09 bits per heavy atom. The van der Waals surface area contributed by atoms with Gasteiger partial charge in [0.25, 0.3) is 0 Å². The van der Waals surface area contributed by atoms with Crippen LogP contribution in [0, 0.1) is 11.6 Å². The van der Waals surface area contributed by atoms with Gasteiger partial charge in [0.2, 0.25) is 6.41 Å². The Labute approximate surface area is 278 Å². The Hall–Kier alpha value is -2.74. The summed E-state index contributed by atoms with van der Waals surface area (Å²) in [6, 6.07) is 3.92. The van der Waals surface area contributed by atoms with Gasteiger partial charge in [0, 0.05) is 104 Å². The summed E-state index contributed by atoms with van der Waals surface area (Å²) in [5.41, 5.74) is -1.34. The van der Waals surface area contributed by atoms with E-state index >= 15 is 4.39 Å². The van der Waals surface area contributed by atoms with E-state index in [0.29, 0.717) is 49.7 Å². The van der Waals surface area contributed by atoms with Gasteiger partial charge in [-0.05, 0) is 44.9 Å². The van der Waals surface area contributed by atoms with Crippen LogP contribution in [0.1, 0.15) is 51.7 Å². The van der Waals surface area contributed by atoms with Gasteiger partial charge < -0.3 is 15.1 Å². The monoisotopic (exact) mass is 680 g/mol. The molecule has 258 valence electrons. The van der Waals surface area contributed by atoms with Crippen LogP contribution < -0.4 is 10.2 Å². The fraction of sp³-hybridized carbons (Fsp3) is 0.588. The van der Waals surface area contributed by atoms with E-state index < -0.39 is 23.4 Å². The number of benzene rings is 2. The van der Waals surface area contributed by atoms with Crippen LogP contribution in [0.5, 0.6) is 0 Å². The lowest BCUT2D eigenvalue weighted by atomic mass is 9.92. The molecule has 2 saturated heterocycles. The Balaban J connectivity index is 0.00000213. The number of carbonyl (C=O) groups is 1. The maximum absolute atomic E-state index is 15.3. The minimum atomic E-state index is -4.87. The van der Waals surface area contributed by atoms with E-state index in [0.717, 1.165) is 44.4 Å². The predicted molar refractivity (Wildman–Crippen MR) is 178 cm³/mol. The molecule has 7 nitrogen and oxygen atoms in total. The van der Waals surface area contributed by atoms with Crippen molar-refractivity contribution in [3.8, 4) is 11.1 Å². The molecule has 3 heterocycles. The van der Waals surface area contributed by atoms with E-state index in [9.17, 15) is 22.4 Å². The first kappa shape index (κ1) is 35.6. The number of hydrogen-bond acceptors (Lipinski definition) is 6. The quantitative estimate of drug-likeness (QED) is 0.176. The predicted octanol–water partition coefficient (Wildman–Crippen LogP) is 5.95. The second-order valence-corrected chi connectivity index (χ2v) is 13.6. The second kappa shape index (κ2) is 14.8. The zero-order chi connectivity index (χ0) is 34.0. The summed E-state index contributed by atoms with van der Waals surface area (Å²) >= 11 is 1.19. The van der Waals surface area contributed by atoms with Gasteiger partial charge in [-0.2, -0.15) is 13.2 Å². The van der Waals surface area contributed by atoms with Crippen LogP contribution in [-0.2, 0) is 11.0 Å². The highest BCUT2D eigenvalue weighted by Crippen LogP contribution is 2.51. The van der Waals surface area contributed by atoms with Gasteiger partial charge in [0.1, 0.15) is 17.5 Å². The summed E-state index contributed by atoms with van der Waals surface area (Å²) < 4.78 is 74.0. The van der Waals surface area contributed by atoms with Gasteiger partial charge in [0.15, 0.2) is 0 Å². The molecule has 13 heteroatoms. The van der Waals surface area contributed by atoms with Crippen LogP contribution in [0.15, 0.2) is 34.2 Å². The van der Waals surface area contributed by atoms with E-state index in [1.807, 2.05) is 32.6 Å². The molecule has 3 fully saturated rings. The minimum absolute atomic E-state index is 0.0575. The Morgan fingerprint density at radius 2 is 1.79 bits per heavy atom. The molecule has 3 atom stereocenters. The number of alkyl halides is 3. The summed E-state index contributed by atoms with van der Waals surface area (Å²) in [4.78, 5) is 26.0. The number of piperazine rings is 2. The average Bonchev–Trinajstić information content (AvgIpc) is 3.90.